The molecule has 0 aliphatic carbocycles. The van der Waals surface area contributed by atoms with E-state index in [9.17, 15) is 4.79 Å². The second kappa shape index (κ2) is 5.15. The van der Waals surface area contributed by atoms with Gasteiger partial charge in [0.2, 0.25) is 0 Å². The quantitative estimate of drug-likeness (QED) is 0.762. The van der Waals surface area contributed by atoms with Crippen molar-refractivity contribution in [2.75, 3.05) is 0 Å². The fourth-order valence-corrected chi connectivity index (χ4v) is 1.38. The highest BCUT2D eigenvalue weighted by molar-refractivity contribution is 5.77. The normalized spacial score (nSPS) is 13.3. The van der Waals surface area contributed by atoms with Gasteiger partial charge in [0.25, 0.3) is 0 Å². The number of hydrogen-bond acceptors (Lipinski definition) is 1. The number of rotatable bonds is 4. The van der Waals surface area contributed by atoms with Crippen molar-refractivity contribution in [2.24, 2.45) is 5.92 Å². The molecule has 0 fully saturated rings. The molecular weight excluding hydrogens is 188 g/mol. The Morgan fingerprint density at radius 1 is 1.40 bits per heavy atom. The van der Waals surface area contributed by atoms with Gasteiger partial charge in [0.05, 0.1) is 5.92 Å². The maximum Gasteiger partial charge on any atom is 0.314 e. The lowest BCUT2D eigenvalue weighted by Gasteiger charge is -2.07. The van der Waals surface area contributed by atoms with Gasteiger partial charge in [-0.15, -0.1) is 6.58 Å². The van der Waals surface area contributed by atoms with Crippen molar-refractivity contribution in [3.05, 3.63) is 54.1 Å². The number of carbonyl (C=O) groups is 1. The highest BCUT2D eigenvalue weighted by Gasteiger charge is 2.14. The fourth-order valence-electron chi connectivity index (χ4n) is 1.38. The van der Waals surface area contributed by atoms with Gasteiger partial charge in [-0.1, -0.05) is 48.1 Å². The first kappa shape index (κ1) is 11.2. The second-order valence-electron chi connectivity index (χ2n) is 3.35. The van der Waals surface area contributed by atoms with Crippen molar-refractivity contribution in [3.63, 3.8) is 0 Å². The summed E-state index contributed by atoms with van der Waals surface area (Å²) in [6.45, 7) is 5.32. The van der Waals surface area contributed by atoms with Crippen LogP contribution in [0.4, 0.5) is 0 Å². The molecule has 0 aliphatic rings. The van der Waals surface area contributed by atoms with Gasteiger partial charge in [0.1, 0.15) is 0 Å². The predicted molar refractivity (Wildman–Crippen MR) is 61.4 cm³/mol. The lowest BCUT2D eigenvalue weighted by Crippen LogP contribution is -2.11. The summed E-state index contributed by atoms with van der Waals surface area (Å²) < 4.78 is 0. The van der Waals surface area contributed by atoms with Gasteiger partial charge in [0.15, 0.2) is 0 Å². The molecule has 2 nitrogen and oxygen atoms in total. The first-order valence-electron chi connectivity index (χ1n) is 4.73. The maximum atomic E-state index is 10.9. The Morgan fingerprint density at radius 3 is 2.47 bits per heavy atom. The minimum atomic E-state index is -0.866. The van der Waals surface area contributed by atoms with Crippen LogP contribution in [0, 0.1) is 5.92 Å². The van der Waals surface area contributed by atoms with Crippen LogP contribution in [0.1, 0.15) is 12.5 Å². The zero-order valence-electron chi connectivity index (χ0n) is 8.68. The molecule has 1 N–H and O–H groups in total. The summed E-state index contributed by atoms with van der Waals surface area (Å²) in [5.41, 5.74) is 1.78. The summed E-state index contributed by atoms with van der Waals surface area (Å²) >= 11 is 0. The molecule has 0 bridgehead atoms. The Hall–Kier alpha value is -1.83. The summed E-state index contributed by atoms with van der Waals surface area (Å²) in [7, 11) is 0. The molecule has 0 amide bonds. The number of aliphatic carboxylic acids is 1. The third-order valence-electron chi connectivity index (χ3n) is 2.19. The van der Waals surface area contributed by atoms with E-state index in [4.69, 9.17) is 5.11 Å². The first-order valence-corrected chi connectivity index (χ1v) is 4.73. The molecule has 15 heavy (non-hydrogen) atoms. The van der Waals surface area contributed by atoms with E-state index in [2.05, 4.69) is 6.58 Å². The molecular formula is C13H14O2. The van der Waals surface area contributed by atoms with E-state index < -0.39 is 11.9 Å². The van der Waals surface area contributed by atoms with Crippen LogP contribution >= 0.6 is 0 Å². The highest BCUT2D eigenvalue weighted by Crippen LogP contribution is 2.15. The van der Waals surface area contributed by atoms with Crippen LogP contribution in [-0.2, 0) is 4.79 Å². The van der Waals surface area contributed by atoms with Crippen LogP contribution in [-0.4, -0.2) is 11.1 Å². The molecule has 1 unspecified atom stereocenters. The summed E-state index contributed by atoms with van der Waals surface area (Å²) in [5.74, 6) is -1.47. The smallest absolute Gasteiger partial charge is 0.314 e. The lowest BCUT2D eigenvalue weighted by molar-refractivity contribution is -0.138. The van der Waals surface area contributed by atoms with E-state index in [0.717, 1.165) is 11.1 Å². The summed E-state index contributed by atoms with van der Waals surface area (Å²) in [5, 5.41) is 8.91. The van der Waals surface area contributed by atoms with Crippen molar-refractivity contribution in [1.82, 2.24) is 0 Å². The average Bonchev–Trinajstić information content (AvgIpc) is 2.19. The minimum Gasteiger partial charge on any atom is -0.481 e. The zero-order chi connectivity index (χ0) is 11.3. The van der Waals surface area contributed by atoms with Crippen molar-refractivity contribution in [1.29, 1.82) is 0 Å². The molecule has 2 heteroatoms. The van der Waals surface area contributed by atoms with Crippen molar-refractivity contribution in [2.45, 2.75) is 6.92 Å². The third-order valence-corrected chi connectivity index (χ3v) is 2.19. The van der Waals surface area contributed by atoms with Gasteiger partial charge in [-0.25, -0.2) is 0 Å². The Bertz CT molecular complexity index is 377. The molecule has 0 saturated heterocycles. The number of carboxylic acids is 1. The molecule has 0 heterocycles. The van der Waals surface area contributed by atoms with Gasteiger partial charge in [-0.2, -0.15) is 0 Å². The topological polar surface area (TPSA) is 37.3 Å². The van der Waals surface area contributed by atoms with Crippen LogP contribution in [0.25, 0.3) is 6.08 Å². The van der Waals surface area contributed by atoms with Crippen LogP contribution in [0.3, 0.4) is 0 Å². The van der Waals surface area contributed by atoms with E-state index in [1.54, 1.807) is 6.92 Å². The van der Waals surface area contributed by atoms with E-state index in [0.29, 0.717) is 0 Å². The first-order chi connectivity index (χ1) is 7.15. The lowest BCUT2D eigenvalue weighted by atomic mass is 9.98. The van der Waals surface area contributed by atoms with Crippen LogP contribution in [0.5, 0.6) is 0 Å². The van der Waals surface area contributed by atoms with E-state index in [1.165, 1.54) is 6.08 Å². The average molecular weight is 202 g/mol. The third kappa shape index (κ3) is 3.09. The summed E-state index contributed by atoms with van der Waals surface area (Å²) in [4.78, 5) is 10.9. The molecule has 1 aromatic rings. The summed E-state index contributed by atoms with van der Waals surface area (Å²) in [6.07, 6.45) is 3.30. The number of carboxylic acid groups (broad SMARTS) is 1. The van der Waals surface area contributed by atoms with Crippen molar-refractivity contribution >= 4 is 12.0 Å². The molecule has 1 aromatic carbocycles. The number of hydrogen-bond donors (Lipinski definition) is 1. The molecule has 78 valence electrons. The largest absolute Gasteiger partial charge is 0.481 e. The monoisotopic (exact) mass is 202 g/mol. The molecule has 0 aliphatic heterocycles. The summed E-state index contributed by atoms with van der Waals surface area (Å²) in [6, 6.07) is 9.64. The van der Waals surface area contributed by atoms with Gasteiger partial charge in [-0.3, -0.25) is 4.79 Å². The Kier molecular flexibility index (Phi) is 3.86. The fraction of sp³-hybridized carbons (Fsp3) is 0.154. The second-order valence-corrected chi connectivity index (χ2v) is 3.35. The van der Waals surface area contributed by atoms with Gasteiger partial charge in [0, 0.05) is 0 Å². The molecule has 1 rings (SSSR count). The zero-order valence-corrected chi connectivity index (χ0v) is 8.68. The van der Waals surface area contributed by atoms with Crippen LogP contribution in [0.2, 0.25) is 0 Å². The Labute approximate surface area is 89.6 Å². The van der Waals surface area contributed by atoms with Gasteiger partial charge in [-0.05, 0) is 12.5 Å². The predicted octanol–water partition coefficient (Wildman–Crippen LogP) is 2.98. The Morgan fingerprint density at radius 2 is 2.00 bits per heavy atom. The van der Waals surface area contributed by atoms with Crippen LogP contribution in [0.15, 0.2) is 48.6 Å². The van der Waals surface area contributed by atoms with Gasteiger partial charge < -0.3 is 5.11 Å². The number of benzene rings is 1. The SMILES string of the molecule is C=CC(C(=O)O)C(C)=Cc1ccccc1. The Balaban J connectivity index is 2.92. The standard InChI is InChI=1S/C13H14O2/c1-3-12(13(14)15)10(2)9-11-7-5-4-6-8-11/h3-9,12H,1H2,2H3,(H,14,15). The molecule has 1 atom stereocenters. The molecule has 0 spiro atoms. The van der Waals surface area contributed by atoms with Crippen molar-refractivity contribution in [3.8, 4) is 0 Å². The van der Waals surface area contributed by atoms with E-state index in [1.807, 2.05) is 36.4 Å². The van der Waals surface area contributed by atoms with Crippen molar-refractivity contribution < 1.29 is 9.90 Å². The van der Waals surface area contributed by atoms with Gasteiger partial charge >= 0.3 is 5.97 Å². The van der Waals surface area contributed by atoms with E-state index in [-0.39, 0.29) is 0 Å². The maximum absolute atomic E-state index is 10.9. The van der Waals surface area contributed by atoms with Crippen LogP contribution < -0.4 is 0 Å². The molecule has 0 aromatic heterocycles. The molecule has 0 saturated carbocycles. The highest BCUT2D eigenvalue weighted by atomic mass is 16.4. The van der Waals surface area contributed by atoms with E-state index >= 15 is 0 Å². The molecule has 0 radical (unpaired) electrons. The minimum absolute atomic E-state index is 0.606.